The van der Waals surface area contributed by atoms with Gasteiger partial charge in [-0.2, -0.15) is 0 Å². The van der Waals surface area contributed by atoms with Crippen molar-refractivity contribution >= 4 is 11.3 Å². The fraction of sp³-hybridized carbons (Fsp3) is 0.0244. The number of nitrogens with one attached hydrogen (secondary N) is 1. The van der Waals surface area contributed by atoms with E-state index in [1.807, 2.05) is 147 Å². The number of rotatable bonds is 6. The Morgan fingerprint density at radius 1 is 0.375 bits per heavy atom. The molecule has 0 saturated heterocycles. The fourth-order valence-corrected chi connectivity index (χ4v) is 5.67. The summed E-state index contributed by atoms with van der Waals surface area (Å²) in [6.07, 6.45) is 26.2. The zero-order chi connectivity index (χ0) is 32.4. The average Bonchev–Trinajstić information content (AvgIpc) is 3.20. The van der Waals surface area contributed by atoms with Crippen LogP contribution in [0.2, 0.25) is 0 Å². The zero-order valence-corrected chi connectivity index (χ0v) is 26.0. The van der Waals surface area contributed by atoms with E-state index < -0.39 is 0 Å². The van der Waals surface area contributed by atoms with E-state index in [1.54, 1.807) is 0 Å². The Kier molecular flexibility index (Phi) is 9.19. The van der Waals surface area contributed by atoms with Gasteiger partial charge in [0.05, 0.1) is 11.7 Å². The Morgan fingerprint density at radius 3 is 1.35 bits per heavy atom. The summed E-state index contributed by atoms with van der Waals surface area (Å²) in [4.78, 5) is 24.7. The van der Waals surface area contributed by atoms with Crippen LogP contribution in [0.25, 0.3) is 44.7 Å². The maximum absolute atomic E-state index is 4.14. The fourth-order valence-electron chi connectivity index (χ4n) is 5.67. The minimum absolute atomic E-state index is 0.113. The second kappa shape index (κ2) is 14.7. The normalized spacial score (nSPS) is 13.6. The highest BCUT2D eigenvalue weighted by atomic mass is 14.9. The molecule has 1 aliphatic rings. The number of pyridine rings is 6. The van der Waals surface area contributed by atoms with Crippen LogP contribution in [0.3, 0.4) is 0 Å². The van der Waals surface area contributed by atoms with Crippen LogP contribution < -0.4 is 5.32 Å². The highest BCUT2D eigenvalue weighted by molar-refractivity contribution is 5.96. The van der Waals surface area contributed by atoms with Gasteiger partial charge < -0.3 is 5.32 Å². The van der Waals surface area contributed by atoms with Crippen LogP contribution in [0.4, 0.5) is 0 Å². The topological polar surface area (TPSA) is 89.4 Å². The van der Waals surface area contributed by atoms with Gasteiger partial charge in [0.1, 0.15) is 0 Å². The Balaban J connectivity index is 0.000000152. The van der Waals surface area contributed by atoms with Crippen LogP contribution in [0.15, 0.2) is 178 Å². The number of benzene rings is 1. The molecule has 0 bridgehead atoms. The number of hydrogen-bond donors (Lipinski definition) is 1. The third-order valence-electron chi connectivity index (χ3n) is 8.07. The predicted molar refractivity (Wildman–Crippen MR) is 191 cm³/mol. The minimum Gasteiger partial charge on any atom is -0.374 e. The van der Waals surface area contributed by atoms with E-state index in [2.05, 4.69) is 65.6 Å². The molecule has 1 aromatic carbocycles. The van der Waals surface area contributed by atoms with Crippen molar-refractivity contribution in [3.63, 3.8) is 0 Å². The summed E-state index contributed by atoms with van der Waals surface area (Å²) in [5, 5.41) is 3.65. The molecule has 48 heavy (non-hydrogen) atoms. The van der Waals surface area contributed by atoms with E-state index in [-0.39, 0.29) is 6.04 Å². The quantitative estimate of drug-likeness (QED) is 0.199. The van der Waals surface area contributed by atoms with Gasteiger partial charge in [-0.1, -0.05) is 24.3 Å². The molecule has 0 radical (unpaired) electrons. The lowest BCUT2D eigenvalue weighted by atomic mass is 9.92. The summed E-state index contributed by atoms with van der Waals surface area (Å²) in [6.45, 7) is 0. The van der Waals surface area contributed by atoms with Crippen LogP contribution in [-0.4, -0.2) is 29.9 Å². The van der Waals surface area contributed by atoms with Gasteiger partial charge in [0, 0.05) is 85.5 Å². The van der Waals surface area contributed by atoms with Crippen LogP contribution in [0, 0.1) is 0 Å². The maximum atomic E-state index is 4.14. The van der Waals surface area contributed by atoms with Crippen molar-refractivity contribution in [2.24, 2.45) is 0 Å². The van der Waals surface area contributed by atoms with E-state index in [1.165, 1.54) is 22.3 Å². The van der Waals surface area contributed by atoms with E-state index in [9.17, 15) is 0 Å². The average molecular weight is 622 g/mol. The highest BCUT2D eigenvalue weighted by Gasteiger charge is 2.19. The molecular formula is C41H31N7. The molecule has 0 spiro atoms. The van der Waals surface area contributed by atoms with Crippen LogP contribution in [-0.2, 0) is 0 Å². The SMILES string of the molecule is C1=CC(c2ccncc2)NC(c2ccncc2)=C1c1ccncc1.c1cc(-c2ccc(-c3ccncc3)c(-c3ccncc3)c2)ccn1. The van der Waals surface area contributed by atoms with Crippen molar-refractivity contribution in [1.82, 2.24) is 35.2 Å². The van der Waals surface area contributed by atoms with Crippen molar-refractivity contribution in [2.75, 3.05) is 0 Å². The molecule has 6 aromatic heterocycles. The molecule has 1 unspecified atom stereocenters. The summed E-state index contributed by atoms with van der Waals surface area (Å²) in [5.74, 6) is 0. The number of allylic oxidation sites excluding steroid dienone is 2. The molecule has 7 nitrogen and oxygen atoms in total. The zero-order valence-electron chi connectivity index (χ0n) is 26.0. The molecule has 7 heterocycles. The summed E-state index contributed by atoms with van der Waals surface area (Å²) in [6, 6.07) is 31.0. The molecule has 1 N–H and O–H groups in total. The second-order valence-electron chi connectivity index (χ2n) is 11.0. The van der Waals surface area contributed by atoms with Gasteiger partial charge in [-0.15, -0.1) is 0 Å². The van der Waals surface area contributed by atoms with E-state index in [0.717, 1.165) is 39.1 Å². The van der Waals surface area contributed by atoms with Gasteiger partial charge in [0.25, 0.3) is 0 Å². The Labute approximate surface area is 279 Å². The van der Waals surface area contributed by atoms with Gasteiger partial charge in [-0.25, -0.2) is 0 Å². The number of hydrogen-bond acceptors (Lipinski definition) is 7. The van der Waals surface area contributed by atoms with Gasteiger partial charge in [-0.05, 0) is 123 Å². The molecule has 8 rings (SSSR count). The largest absolute Gasteiger partial charge is 0.374 e. The van der Waals surface area contributed by atoms with Crippen molar-refractivity contribution < 1.29 is 0 Å². The van der Waals surface area contributed by atoms with E-state index >= 15 is 0 Å². The lowest BCUT2D eigenvalue weighted by molar-refractivity contribution is 0.764. The lowest BCUT2D eigenvalue weighted by Crippen LogP contribution is -2.22. The smallest absolute Gasteiger partial charge is 0.0702 e. The first kappa shape index (κ1) is 30.1. The molecule has 0 fully saturated rings. The third kappa shape index (κ3) is 6.95. The summed E-state index contributed by atoms with van der Waals surface area (Å²) in [7, 11) is 0. The van der Waals surface area contributed by atoms with Crippen molar-refractivity contribution in [3.8, 4) is 33.4 Å². The Hall–Kier alpha value is -6.60. The monoisotopic (exact) mass is 621 g/mol. The predicted octanol–water partition coefficient (Wildman–Crippen LogP) is 8.51. The molecule has 1 atom stereocenters. The first-order chi connectivity index (χ1) is 23.8. The first-order valence-electron chi connectivity index (χ1n) is 15.6. The summed E-state index contributed by atoms with van der Waals surface area (Å²) < 4.78 is 0. The van der Waals surface area contributed by atoms with Crippen molar-refractivity contribution in [1.29, 1.82) is 0 Å². The Bertz CT molecular complexity index is 2120. The molecule has 1 aliphatic heterocycles. The molecular weight excluding hydrogens is 591 g/mol. The number of aromatic nitrogens is 6. The molecule has 230 valence electrons. The summed E-state index contributed by atoms with van der Waals surface area (Å²) in [5.41, 5.74) is 12.6. The molecule has 0 saturated carbocycles. The highest BCUT2D eigenvalue weighted by Crippen LogP contribution is 2.35. The third-order valence-corrected chi connectivity index (χ3v) is 8.07. The van der Waals surface area contributed by atoms with Gasteiger partial charge in [-0.3, -0.25) is 29.9 Å². The van der Waals surface area contributed by atoms with Gasteiger partial charge in [0.2, 0.25) is 0 Å². The molecule has 7 heteroatoms. The molecule has 0 aliphatic carbocycles. The van der Waals surface area contributed by atoms with E-state index in [0.29, 0.717) is 0 Å². The second-order valence-corrected chi connectivity index (χ2v) is 11.0. The molecule has 7 aromatic rings. The minimum atomic E-state index is 0.113. The van der Waals surface area contributed by atoms with Crippen LogP contribution >= 0.6 is 0 Å². The number of dihydropyridines is 1. The number of nitrogens with zero attached hydrogens (tertiary/aromatic N) is 6. The Morgan fingerprint density at radius 2 is 0.812 bits per heavy atom. The standard InChI is InChI=1S/C21H15N3.C20H16N4/c1-2-20(17-5-11-23-12-6-17)21(18-7-13-24-14-8-18)15-19(1)16-3-9-22-10-4-16;1-2-19(16-5-11-22-12-6-16)24-20(17-7-13-23-14-8-17)18(1)15-3-9-21-10-4-15/h1-15H;1-14,19,24H. The first-order valence-corrected chi connectivity index (χ1v) is 15.6. The molecule has 0 amide bonds. The lowest BCUT2D eigenvalue weighted by Gasteiger charge is -2.26. The maximum Gasteiger partial charge on any atom is 0.0702 e. The van der Waals surface area contributed by atoms with Gasteiger partial charge in [0.15, 0.2) is 0 Å². The van der Waals surface area contributed by atoms with Crippen molar-refractivity contribution in [3.05, 3.63) is 194 Å². The van der Waals surface area contributed by atoms with Gasteiger partial charge >= 0.3 is 0 Å². The summed E-state index contributed by atoms with van der Waals surface area (Å²) >= 11 is 0. The van der Waals surface area contributed by atoms with Crippen molar-refractivity contribution in [2.45, 2.75) is 6.04 Å². The van der Waals surface area contributed by atoms with E-state index in [4.69, 9.17) is 0 Å². The van der Waals surface area contributed by atoms with Crippen LogP contribution in [0.5, 0.6) is 0 Å². The van der Waals surface area contributed by atoms with Crippen LogP contribution in [0.1, 0.15) is 22.7 Å².